The average molecular weight is 310 g/mol. The van der Waals surface area contributed by atoms with E-state index in [1.165, 1.54) is 0 Å². The second kappa shape index (κ2) is 7.38. The summed E-state index contributed by atoms with van der Waals surface area (Å²) in [6.45, 7) is 6.43. The van der Waals surface area contributed by atoms with Gasteiger partial charge in [-0.25, -0.2) is 8.42 Å². The summed E-state index contributed by atoms with van der Waals surface area (Å²) in [6, 6.07) is 7.53. The van der Waals surface area contributed by atoms with Crippen LogP contribution in [0.4, 0.5) is 0 Å². The van der Waals surface area contributed by atoms with Gasteiger partial charge in [0, 0.05) is 19.1 Å². The van der Waals surface area contributed by atoms with Crippen LogP contribution < -0.4 is 5.32 Å². The Hall–Kier alpha value is -0.910. The molecule has 4 nitrogen and oxygen atoms in total. The smallest absolute Gasteiger partial charge is 0.243 e. The van der Waals surface area contributed by atoms with Gasteiger partial charge in [-0.2, -0.15) is 4.31 Å². The molecule has 5 heteroatoms. The van der Waals surface area contributed by atoms with Crippen molar-refractivity contribution >= 4 is 10.0 Å². The van der Waals surface area contributed by atoms with E-state index in [9.17, 15) is 8.42 Å². The first-order chi connectivity index (χ1) is 10.1. The zero-order chi connectivity index (χ0) is 15.3. The normalized spacial score (nSPS) is 18.6. The SMILES string of the molecule is CCCNC(C)c1cccc(S(=O)(=O)N2CCCCC2)c1. The van der Waals surface area contributed by atoms with Gasteiger partial charge in [-0.05, 0) is 50.4 Å². The maximum absolute atomic E-state index is 12.7. The average Bonchev–Trinajstić information content (AvgIpc) is 2.53. The molecule has 1 fully saturated rings. The fourth-order valence-electron chi connectivity index (χ4n) is 2.68. The molecule has 1 heterocycles. The second-order valence-corrected chi connectivity index (χ2v) is 7.65. The van der Waals surface area contributed by atoms with Gasteiger partial charge in [0.15, 0.2) is 0 Å². The molecule has 1 unspecified atom stereocenters. The van der Waals surface area contributed by atoms with Crippen molar-refractivity contribution in [3.63, 3.8) is 0 Å². The van der Waals surface area contributed by atoms with Crippen LogP contribution in [0.2, 0.25) is 0 Å². The number of nitrogens with one attached hydrogen (secondary N) is 1. The summed E-state index contributed by atoms with van der Waals surface area (Å²) in [5, 5.41) is 3.40. The Labute approximate surface area is 128 Å². The van der Waals surface area contributed by atoms with Gasteiger partial charge in [-0.15, -0.1) is 0 Å². The third kappa shape index (κ3) is 4.05. The van der Waals surface area contributed by atoms with E-state index in [4.69, 9.17) is 0 Å². The number of hydrogen-bond acceptors (Lipinski definition) is 3. The van der Waals surface area contributed by atoms with Crippen molar-refractivity contribution in [3.8, 4) is 0 Å². The molecule has 21 heavy (non-hydrogen) atoms. The Balaban J connectivity index is 2.19. The van der Waals surface area contributed by atoms with E-state index in [0.717, 1.165) is 37.8 Å². The van der Waals surface area contributed by atoms with Crippen LogP contribution in [-0.4, -0.2) is 32.4 Å². The predicted octanol–water partition coefficient (Wildman–Crippen LogP) is 2.92. The zero-order valence-corrected chi connectivity index (χ0v) is 13.8. The third-order valence-corrected chi connectivity index (χ3v) is 5.91. The first kappa shape index (κ1) is 16.5. The van der Waals surface area contributed by atoms with Crippen LogP contribution >= 0.6 is 0 Å². The van der Waals surface area contributed by atoms with Crippen LogP contribution in [-0.2, 0) is 10.0 Å². The number of rotatable bonds is 6. The lowest BCUT2D eigenvalue weighted by atomic mass is 10.1. The minimum absolute atomic E-state index is 0.168. The molecule has 0 radical (unpaired) electrons. The Morgan fingerprint density at radius 2 is 1.95 bits per heavy atom. The predicted molar refractivity (Wildman–Crippen MR) is 85.8 cm³/mol. The highest BCUT2D eigenvalue weighted by molar-refractivity contribution is 7.89. The lowest BCUT2D eigenvalue weighted by molar-refractivity contribution is 0.346. The number of sulfonamides is 1. The molecule has 1 aromatic rings. The fraction of sp³-hybridized carbons (Fsp3) is 0.625. The maximum atomic E-state index is 12.7. The standard InChI is InChI=1S/C16H26N2O2S/c1-3-10-17-14(2)15-8-7-9-16(13-15)21(19,20)18-11-5-4-6-12-18/h7-9,13-14,17H,3-6,10-12H2,1-2H3. The van der Waals surface area contributed by atoms with Crippen LogP contribution in [0.25, 0.3) is 0 Å². The molecule has 2 rings (SSSR count). The minimum atomic E-state index is -3.33. The molecule has 1 atom stereocenters. The quantitative estimate of drug-likeness (QED) is 0.879. The first-order valence-electron chi connectivity index (χ1n) is 7.89. The molecule has 1 N–H and O–H groups in total. The molecule has 1 aliphatic rings. The Kier molecular flexibility index (Phi) is 5.79. The van der Waals surface area contributed by atoms with Crippen LogP contribution in [0, 0.1) is 0 Å². The van der Waals surface area contributed by atoms with Gasteiger partial charge in [0.1, 0.15) is 0 Å². The van der Waals surface area contributed by atoms with E-state index in [-0.39, 0.29) is 6.04 Å². The molecule has 0 spiro atoms. The summed E-state index contributed by atoms with van der Waals surface area (Å²) in [5.41, 5.74) is 1.03. The van der Waals surface area contributed by atoms with Crippen molar-refractivity contribution in [2.24, 2.45) is 0 Å². The Bertz CT molecular complexity index is 551. The summed E-state index contributed by atoms with van der Waals surface area (Å²) in [4.78, 5) is 0.423. The second-order valence-electron chi connectivity index (χ2n) is 5.71. The van der Waals surface area contributed by atoms with Crippen LogP contribution in [0.15, 0.2) is 29.2 Å². The first-order valence-corrected chi connectivity index (χ1v) is 9.33. The van der Waals surface area contributed by atoms with Crippen LogP contribution in [0.5, 0.6) is 0 Å². The van der Waals surface area contributed by atoms with Crippen molar-refractivity contribution in [1.29, 1.82) is 0 Å². The Morgan fingerprint density at radius 1 is 1.24 bits per heavy atom. The molecule has 1 aliphatic heterocycles. The summed E-state index contributed by atoms with van der Waals surface area (Å²) >= 11 is 0. The molecular formula is C16H26N2O2S. The molecule has 0 aliphatic carbocycles. The third-order valence-electron chi connectivity index (χ3n) is 4.01. The van der Waals surface area contributed by atoms with Crippen molar-refractivity contribution in [1.82, 2.24) is 9.62 Å². The molecule has 0 amide bonds. The maximum Gasteiger partial charge on any atom is 0.243 e. The minimum Gasteiger partial charge on any atom is -0.310 e. The van der Waals surface area contributed by atoms with Crippen LogP contribution in [0.3, 0.4) is 0 Å². The van der Waals surface area contributed by atoms with Crippen molar-refractivity contribution in [3.05, 3.63) is 29.8 Å². The highest BCUT2D eigenvalue weighted by Gasteiger charge is 2.26. The lowest BCUT2D eigenvalue weighted by Gasteiger charge is -2.26. The Morgan fingerprint density at radius 3 is 2.62 bits per heavy atom. The van der Waals surface area contributed by atoms with Gasteiger partial charge in [0.2, 0.25) is 10.0 Å². The van der Waals surface area contributed by atoms with Gasteiger partial charge < -0.3 is 5.32 Å². The fourth-order valence-corrected chi connectivity index (χ4v) is 4.25. The van der Waals surface area contributed by atoms with Crippen molar-refractivity contribution < 1.29 is 8.42 Å². The van der Waals surface area contributed by atoms with Crippen LogP contribution in [0.1, 0.15) is 51.1 Å². The zero-order valence-electron chi connectivity index (χ0n) is 13.0. The largest absolute Gasteiger partial charge is 0.310 e. The summed E-state index contributed by atoms with van der Waals surface area (Å²) < 4.78 is 27.0. The van der Waals surface area contributed by atoms with E-state index in [2.05, 4.69) is 19.2 Å². The molecule has 118 valence electrons. The van der Waals surface area contributed by atoms with Gasteiger partial charge in [0.05, 0.1) is 4.90 Å². The van der Waals surface area contributed by atoms with E-state index in [1.807, 2.05) is 18.2 Å². The molecule has 0 saturated carbocycles. The molecule has 0 aromatic heterocycles. The number of piperidine rings is 1. The monoisotopic (exact) mass is 310 g/mol. The van der Waals surface area contributed by atoms with Gasteiger partial charge in [-0.3, -0.25) is 0 Å². The van der Waals surface area contributed by atoms with Crippen molar-refractivity contribution in [2.75, 3.05) is 19.6 Å². The number of nitrogens with zero attached hydrogens (tertiary/aromatic N) is 1. The molecular weight excluding hydrogens is 284 g/mol. The van der Waals surface area contributed by atoms with Gasteiger partial charge in [-0.1, -0.05) is 25.5 Å². The highest BCUT2D eigenvalue weighted by atomic mass is 32.2. The van der Waals surface area contributed by atoms with Gasteiger partial charge >= 0.3 is 0 Å². The van der Waals surface area contributed by atoms with E-state index < -0.39 is 10.0 Å². The van der Waals surface area contributed by atoms with Gasteiger partial charge in [0.25, 0.3) is 0 Å². The van der Waals surface area contributed by atoms with E-state index >= 15 is 0 Å². The van der Waals surface area contributed by atoms with Crippen molar-refractivity contribution in [2.45, 2.75) is 50.5 Å². The van der Waals surface area contributed by atoms with E-state index in [0.29, 0.717) is 18.0 Å². The summed E-state index contributed by atoms with van der Waals surface area (Å²) in [5.74, 6) is 0. The molecule has 1 saturated heterocycles. The van der Waals surface area contributed by atoms with E-state index in [1.54, 1.807) is 10.4 Å². The topological polar surface area (TPSA) is 49.4 Å². The number of benzene rings is 1. The summed E-state index contributed by atoms with van der Waals surface area (Å²) in [7, 11) is -3.33. The highest BCUT2D eigenvalue weighted by Crippen LogP contribution is 2.23. The number of hydrogen-bond donors (Lipinski definition) is 1. The summed E-state index contributed by atoms with van der Waals surface area (Å²) in [6.07, 6.45) is 4.13. The lowest BCUT2D eigenvalue weighted by Crippen LogP contribution is -2.35. The molecule has 0 bridgehead atoms. The molecule has 1 aromatic carbocycles.